The number of amides is 1. The molecule has 1 aromatic rings. The second-order valence-electron chi connectivity index (χ2n) is 6.07. The Balaban J connectivity index is 2.71. The number of hydrogen-bond acceptors (Lipinski definition) is 5. The first-order chi connectivity index (χ1) is 11.8. The highest BCUT2D eigenvalue weighted by molar-refractivity contribution is 5.98. The first-order valence-corrected chi connectivity index (χ1v) is 8.61. The molecule has 1 amide bonds. The van der Waals surface area contributed by atoms with E-state index in [9.17, 15) is 14.9 Å². The monoisotopic (exact) mass is 348 g/mol. The lowest BCUT2D eigenvalue weighted by atomic mass is 10.0. The SMILES string of the molecule is CCN(CC)CCN(C(C)=O)[C@H](C)CC(=N)c1ccc([N+](=O)[O-])cc1. The van der Waals surface area contributed by atoms with Crippen LogP contribution in [0.5, 0.6) is 0 Å². The van der Waals surface area contributed by atoms with Gasteiger partial charge in [-0.25, -0.2) is 0 Å². The number of nitro benzene ring substituents is 1. The smallest absolute Gasteiger partial charge is 0.269 e. The van der Waals surface area contributed by atoms with Gasteiger partial charge in [0.2, 0.25) is 5.91 Å². The minimum Gasteiger partial charge on any atom is -0.339 e. The largest absolute Gasteiger partial charge is 0.339 e. The maximum Gasteiger partial charge on any atom is 0.269 e. The minimum absolute atomic E-state index is 0.00356. The topological polar surface area (TPSA) is 90.5 Å². The van der Waals surface area contributed by atoms with Gasteiger partial charge in [0.25, 0.3) is 5.69 Å². The quantitative estimate of drug-likeness (QED) is 0.400. The summed E-state index contributed by atoms with van der Waals surface area (Å²) < 4.78 is 0. The van der Waals surface area contributed by atoms with Crippen molar-refractivity contribution < 1.29 is 9.72 Å². The fourth-order valence-electron chi connectivity index (χ4n) is 2.78. The molecule has 0 aliphatic heterocycles. The van der Waals surface area contributed by atoms with Gasteiger partial charge < -0.3 is 15.2 Å². The zero-order chi connectivity index (χ0) is 19.0. The number of nitro groups is 1. The molecule has 7 heteroatoms. The predicted molar refractivity (Wildman–Crippen MR) is 99.2 cm³/mol. The maximum atomic E-state index is 12.0. The number of non-ortho nitro benzene ring substituents is 1. The Hall–Kier alpha value is -2.28. The molecular formula is C18H28N4O3. The summed E-state index contributed by atoms with van der Waals surface area (Å²) in [4.78, 5) is 26.3. The van der Waals surface area contributed by atoms with Crippen LogP contribution in [0, 0.1) is 15.5 Å². The number of nitrogens with one attached hydrogen (secondary N) is 1. The van der Waals surface area contributed by atoms with Gasteiger partial charge in [0.15, 0.2) is 0 Å². The Morgan fingerprint density at radius 1 is 1.20 bits per heavy atom. The average Bonchev–Trinajstić information content (AvgIpc) is 2.58. The number of nitrogens with zero attached hydrogens (tertiary/aromatic N) is 3. The summed E-state index contributed by atoms with van der Waals surface area (Å²) in [6.45, 7) is 11.0. The lowest BCUT2D eigenvalue weighted by Crippen LogP contribution is -2.43. The first-order valence-electron chi connectivity index (χ1n) is 8.61. The number of benzene rings is 1. The number of carbonyl (C=O) groups excluding carboxylic acids is 1. The molecule has 7 nitrogen and oxygen atoms in total. The summed E-state index contributed by atoms with van der Waals surface area (Å²) in [6.07, 6.45) is 0.412. The van der Waals surface area contributed by atoms with E-state index in [1.165, 1.54) is 12.1 Å². The van der Waals surface area contributed by atoms with E-state index in [1.54, 1.807) is 24.0 Å². The van der Waals surface area contributed by atoms with Crippen LogP contribution in [-0.2, 0) is 4.79 Å². The molecule has 1 atom stereocenters. The minimum atomic E-state index is -0.458. The molecule has 0 bridgehead atoms. The van der Waals surface area contributed by atoms with Crippen LogP contribution in [0.15, 0.2) is 24.3 Å². The molecule has 138 valence electrons. The van der Waals surface area contributed by atoms with Crippen LogP contribution >= 0.6 is 0 Å². The molecule has 0 unspecified atom stereocenters. The van der Waals surface area contributed by atoms with Crippen molar-refractivity contribution in [1.82, 2.24) is 9.80 Å². The molecule has 0 aliphatic rings. The molecule has 0 spiro atoms. The number of likely N-dealkylation sites (N-methyl/N-ethyl adjacent to an activating group) is 1. The zero-order valence-corrected chi connectivity index (χ0v) is 15.5. The Bertz CT molecular complexity index is 597. The molecule has 25 heavy (non-hydrogen) atoms. The summed E-state index contributed by atoms with van der Waals surface area (Å²) >= 11 is 0. The van der Waals surface area contributed by atoms with Crippen molar-refractivity contribution >= 4 is 17.3 Å². The number of carbonyl (C=O) groups is 1. The van der Waals surface area contributed by atoms with Gasteiger partial charge in [-0.15, -0.1) is 0 Å². The van der Waals surface area contributed by atoms with Crippen molar-refractivity contribution in [2.45, 2.75) is 40.2 Å². The predicted octanol–water partition coefficient (Wildman–Crippen LogP) is 2.93. The highest BCUT2D eigenvalue weighted by Crippen LogP contribution is 2.15. The van der Waals surface area contributed by atoms with Crippen molar-refractivity contribution in [2.24, 2.45) is 0 Å². The van der Waals surface area contributed by atoms with E-state index in [0.29, 0.717) is 24.2 Å². The summed E-state index contributed by atoms with van der Waals surface area (Å²) in [5.74, 6) is -0.00356. The summed E-state index contributed by atoms with van der Waals surface area (Å²) in [6, 6.07) is 5.87. The van der Waals surface area contributed by atoms with Gasteiger partial charge >= 0.3 is 0 Å². The van der Waals surface area contributed by atoms with Gasteiger partial charge in [-0.1, -0.05) is 13.8 Å². The molecule has 0 heterocycles. The third kappa shape index (κ3) is 6.26. The van der Waals surface area contributed by atoms with E-state index in [-0.39, 0.29) is 17.6 Å². The van der Waals surface area contributed by atoms with E-state index >= 15 is 0 Å². The number of hydrogen-bond donors (Lipinski definition) is 1. The Morgan fingerprint density at radius 2 is 1.76 bits per heavy atom. The van der Waals surface area contributed by atoms with Crippen molar-refractivity contribution in [3.8, 4) is 0 Å². The molecule has 1 rings (SSSR count). The van der Waals surface area contributed by atoms with E-state index in [4.69, 9.17) is 5.41 Å². The number of rotatable bonds is 10. The van der Waals surface area contributed by atoms with Crippen molar-refractivity contribution in [1.29, 1.82) is 5.41 Å². The molecule has 0 aliphatic carbocycles. The van der Waals surface area contributed by atoms with Gasteiger partial charge in [-0.05, 0) is 37.7 Å². The van der Waals surface area contributed by atoms with Crippen LogP contribution < -0.4 is 0 Å². The van der Waals surface area contributed by atoms with Crippen molar-refractivity contribution in [3.63, 3.8) is 0 Å². The normalized spacial score (nSPS) is 12.0. The van der Waals surface area contributed by atoms with Crippen LogP contribution in [0.2, 0.25) is 0 Å². The van der Waals surface area contributed by atoms with Crippen molar-refractivity contribution in [3.05, 3.63) is 39.9 Å². The van der Waals surface area contributed by atoms with Crippen LogP contribution in [0.4, 0.5) is 5.69 Å². The van der Waals surface area contributed by atoms with Gasteiger partial charge in [-0.2, -0.15) is 0 Å². The van der Waals surface area contributed by atoms with Crippen LogP contribution in [0.25, 0.3) is 0 Å². The summed E-state index contributed by atoms with van der Waals surface area (Å²) in [7, 11) is 0. The van der Waals surface area contributed by atoms with E-state index in [2.05, 4.69) is 18.7 Å². The lowest BCUT2D eigenvalue weighted by Gasteiger charge is -2.31. The summed E-state index contributed by atoms with van der Waals surface area (Å²) in [5.41, 5.74) is 1.02. The fraction of sp³-hybridized carbons (Fsp3) is 0.556. The molecule has 1 aromatic carbocycles. The third-order valence-corrected chi connectivity index (χ3v) is 4.41. The second kappa shape index (κ2) is 9.88. The van der Waals surface area contributed by atoms with E-state index < -0.39 is 4.92 Å². The molecule has 0 saturated carbocycles. The van der Waals surface area contributed by atoms with Crippen molar-refractivity contribution in [2.75, 3.05) is 26.2 Å². The summed E-state index contributed by atoms with van der Waals surface area (Å²) in [5, 5.41) is 18.9. The molecule has 0 radical (unpaired) electrons. The molecule has 0 fully saturated rings. The fourth-order valence-corrected chi connectivity index (χ4v) is 2.78. The van der Waals surface area contributed by atoms with Crippen LogP contribution in [-0.4, -0.2) is 58.6 Å². The molecule has 1 N–H and O–H groups in total. The van der Waals surface area contributed by atoms with Gasteiger partial charge in [0.05, 0.1) is 4.92 Å². The Morgan fingerprint density at radius 3 is 2.20 bits per heavy atom. The second-order valence-corrected chi connectivity index (χ2v) is 6.07. The van der Waals surface area contributed by atoms with E-state index in [1.807, 2.05) is 6.92 Å². The van der Waals surface area contributed by atoms with Gasteiger partial charge in [-0.3, -0.25) is 14.9 Å². The van der Waals surface area contributed by atoms with E-state index in [0.717, 1.165) is 19.6 Å². The lowest BCUT2D eigenvalue weighted by molar-refractivity contribution is -0.384. The third-order valence-electron chi connectivity index (χ3n) is 4.41. The van der Waals surface area contributed by atoms with Crippen LogP contribution in [0.3, 0.4) is 0 Å². The maximum absolute atomic E-state index is 12.0. The van der Waals surface area contributed by atoms with Gasteiger partial charge in [0, 0.05) is 50.3 Å². The highest BCUT2D eigenvalue weighted by Gasteiger charge is 2.19. The highest BCUT2D eigenvalue weighted by atomic mass is 16.6. The molecule has 0 aromatic heterocycles. The molecule has 0 saturated heterocycles. The first kappa shape index (κ1) is 20.8. The average molecular weight is 348 g/mol. The molecular weight excluding hydrogens is 320 g/mol. The zero-order valence-electron chi connectivity index (χ0n) is 15.5. The van der Waals surface area contributed by atoms with Crippen LogP contribution in [0.1, 0.15) is 39.7 Å². The Labute approximate surface area is 149 Å². The standard InChI is InChI=1S/C18H28N4O3/c1-5-20(6-2)11-12-21(15(4)23)14(3)13-18(19)16-7-9-17(10-8-16)22(24)25/h7-10,14,19H,5-6,11-13H2,1-4H3/t14-/m1/s1. The Kier molecular flexibility index (Phi) is 8.21. The van der Waals surface area contributed by atoms with Gasteiger partial charge in [0.1, 0.15) is 0 Å².